The number of alkyl halides is 3. The van der Waals surface area contributed by atoms with Crippen molar-refractivity contribution in [2.75, 3.05) is 13.1 Å². The first kappa shape index (κ1) is 17.9. The molecule has 3 aliphatic rings. The van der Waals surface area contributed by atoms with Crippen LogP contribution in [0.5, 0.6) is 0 Å². The van der Waals surface area contributed by atoms with Gasteiger partial charge in [0.05, 0.1) is 6.10 Å². The minimum absolute atomic E-state index is 0.0920. The lowest BCUT2D eigenvalue weighted by Gasteiger charge is -2.50. The minimum Gasteiger partial charge on any atom is -0.346 e. The van der Waals surface area contributed by atoms with Crippen molar-refractivity contribution in [2.45, 2.75) is 69.5 Å². The summed E-state index contributed by atoms with van der Waals surface area (Å²) in [5.74, 6) is -2.95. The standard InChI is InChI=1S/C14H21F3N2O5/c1-6-5-19(12(20)14(15,16)17)8-10-9(23-13(2,3)24-10)7(4-18)22-11(8)21-6/h6-11H,4-5,18H2,1-3H3/t6?,7-,8+,9+,10-,11-/m1/s1. The second-order valence-electron chi connectivity index (χ2n) is 6.74. The largest absolute Gasteiger partial charge is 0.471 e. The highest BCUT2D eigenvalue weighted by molar-refractivity contribution is 5.82. The molecule has 3 rings (SSSR count). The number of carbonyl (C=O) groups excluding carboxylic acids is 1. The number of halogens is 3. The van der Waals surface area contributed by atoms with Crippen LogP contribution in [0.15, 0.2) is 0 Å². The Morgan fingerprint density at radius 3 is 2.46 bits per heavy atom. The van der Waals surface area contributed by atoms with Crippen LogP contribution in [0.1, 0.15) is 20.8 Å². The summed E-state index contributed by atoms with van der Waals surface area (Å²) in [7, 11) is 0. The van der Waals surface area contributed by atoms with Gasteiger partial charge in [-0.2, -0.15) is 13.2 Å². The third kappa shape index (κ3) is 3.01. The number of hydrogen-bond donors (Lipinski definition) is 1. The van der Waals surface area contributed by atoms with Crippen molar-refractivity contribution in [3.63, 3.8) is 0 Å². The summed E-state index contributed by atoms with van der Waals surface area (Å²) in [5, 5.41) is 0. The number of fused-ring (bicyclic) bond motifs is 3. The third-order valence-electron chi connectivity index (χ3n) is 4.37. The molecule has 10 heteroatoms. The second kappa shape index (κ2) is 5.80. The van der Waals surface area contributed by atoms with E-state index in [0.717, 1.165) is 4.90 Å². The Hall–Kier alpha value is -0.940. The van der Waals surface area contributed by atoms with E-state index in [0.29, 0.717) is 0 Å². The summed E-state index contributed by atoms with van der Waals surface area (Å²) >= 11 is 0. The monoisotopic (exact) mass is 354 g/mol. The molecule has 1 unspecified atom stereocenters. The molecular weight excluding hydrogens is 333 g/mol. The summed E-state index contributed by atoms with van der Waals surface area (Å²) in [6.07, 6.45) is -8.73. The van der Waals surface area contributed by atoms with E-state index in [1.165, 1.54) is 0 Å². The highest BCUT2D eigenvalue weighted by atomic mass is 19.4. The quantitative estimate of drug-likeness (QED) is 0.733. The van der Waals surface area contributed by atoms with Crippen molar-refractivity contribution in [3.8, 4) is 0 Å². The minimum atomic E-state index is -4.99. The maximum absolute atomic E-state index is 13.0. The summed E-state index contributed by atoms with van der Waals surface area (Å²) in [6.45, 7) is 4.76. The molecule has 0 aliphatic carbocycles. The Labute approximate surface area is 137 Å². The predicted molar refractivity (Wildman–Crippen MR) is 73.6 cm³/mol. The number of hydrogen-bond acceptors (Lipinski definition) is 6. The van der Waals surface area contributed by atoms with Gasteiger partial charge in [0.1, 0.15) is 24.4 Å². The molecular formula is C14H21F3N2O5. The van der Waals surface area contributed by atoms with E-state index in [2.05, 4.69) is 0 Å². The SMILES string of the molecule is CC1CN(C(=O)C(F)(F)F)[C@@H]2[C@H](O1)O[C@H](CN)[C@@H]1OC(C)(C)O[C@@H]12. The molecule has 3 fully saturated rings. The van der Waals surface area contributed by atoms with Crippen LogP contribution in [0.25, 0.3) is 0 Å². The van der Waals surface area contributed by atoms with Crippen LogP contribution in [-0.4, -0.2) is 72.6 Å². The number of amides is 1. The van der Waals surface area contributed by atoms with E-state index < -0.39 is 54.6 Å². The van der Waals surface area contributed by atoms with Crippen LogP contribution in [0.3, 0.4) is 0 Å². The van der Waals surface area contributed by atoms with Crippen LogP contribution in [0.2, 0.25) is 0 Å². The fourth-order valence-corrected chi connectivity index (χ4v) is 3.53. The van der Waals surface area contributed by atoms with Gasteiger partial charge in [-0.25, -0.2) is 0 Å². The number of rotatable bonds is 1. The van der Waals surface area contributed by atoms with E-state index >= 15 is 0 Å². The number of morpholine rings is 1. The van der Waals surface area contributed by atoms with Crippen LogP contribution >= 0.6 is 0 Å². The van der Waals surface area contributed by atoms with Gasteiger partial charge in [-0.1, -0.05) is 0 Å². The van der Waals surface area contributed by atoms with E-state index in [1.807, 2.05) is 0 Å². The molecule has 0 spiro atoms. The maximum atomic E-state index is 13.0. The van der Waals surface area contributed by atoms with Gasteiger partial charge in [0.2, 0.25) is 0 Å². The first-order valence-electron chi connectivity index (χ1n) is 7.78. The zero-order valence-corrected chi connectivity index (χ0v) is 13.6. The molecule has 0 radical (unpaired) electrons. The Morgan fingerprint density at radius 2 is 1.88 bits per heavy atom. The number of nitrogens with zero attached hydrogens (tertiary/aromatic N) is 1. The Bertz CT molecular complexity index is 515. The topological polar surface area (TPSA) is 83.3 Å². The van der Waals surface area contributed by atoms with E-state index in [-0.39, 0.29) is 13.1 Å². The number of nitrogens with two attached hydrogens (primary N) is 1. The third-order valence-corrected chi connectivity index (χ3v) is 4.37. The molecule has 3 aliphatic heterocycles. The van der Waals surface area contributed by atoms with Gasteiger partial charge in [-0.3, -0.25) is 4.79 Å². The molecule has 6 atom stereocenters. The highest BCUT2D eigenvalue weighted by Crippen LogP contribution is 2.42. The second-order valence-corrected chi connectivity index (χ2v) is 6.74. The molecule has 0 bridgehead atoms. The lowest BCUT2D eigenvalue weighted by atomic mass is 9.94. The van der Waals surface area contributed by atoms with Crippen molar-refractivity contribution < 1.29 is 36.9 Å². The van der Waals surface area contributed by atoms with Gasteiger partial charge in [0, 0.05) is 13.1 Å². The van der Waals surface area contributed by atoms with Crippen LogP contribution in [0, 0.1) is 0 Å². The molecule has 24 heavy (non-hydrogen) atoms. The molecule has 2 N–H and O–H groups in total. The van der Waals surface area contributed by atoms with Crippen molar-refractivity contribution >= 4 is 5.91 Å². The normalized spacial score (nSPS) is 41.7. The van der Waals surface area contributed by atoms with Gasteiger partial charge >= 0.3 is 12.1 Å². The van der Waals surface area contributed by atoms with Crippen molar-refractivity contribution in [1.29, 1.82) is 0 Å². The van der Waals surface area contributed by atoms with E-state index in [1.54, 1.807) is 20.8 Å². The maximum Gasteiger partial charge on any atom is 0.471 e. The van der Waals surface area contributed by atoms with Crippen LogP contribution in [-0.2, 0) is 23.7 Å². The van der Waals surface area contributed by atoms with Gasteiger partial charge in [0.25, 0.3) is 0 Å². The van der Waals surface area contributed by atoms with E-state index in [9.17, 15) is 18.0 Å². The molecule has 0 saturated carbocycles. The Morgan fingerprint density at radius 1 is 1.25 bits per heavy atom. The number of ether oxygens (including phenoxy) is 4. The molecule has 3 heterocycles. The molecule has 0 aromatic heterocycles. The average molecular weight is 354 g/mol. The van der Waals surface area contributed by atoms with Crippen LogP contribution in [0.4, 0.5) is 13.2 Å². The zero-order chi connectivity index (χ0) is 17.9. The summed E-state index contributed by atoms with van der Waals surface area (Å²) in [6, 6.07) is -1.05. The molecule has 7 nitrogen and oxygen atoms in total. The van der Waals surface area contributed by atoms with Gasteiger partial charge < -0.3 is 29.6 Å². The van der Waals surface area contributed by atoms with Gasteiger partial charge in [0.15, 0.2) is 12.1 Å². The lowest BCUT2D eigenvalue weighted by molar-refractivity contribution is -0.298. The molecule has 1 amide bonds. The lowest BCUT2D eigenvalue weighted by Crippen LogP contribution is -2.70. The van der Waals surface area contributed by atoms with Gasteiger partial charge in [-0.05, 0) is 20.8 Å². The predicted octanol–water partition coefficient (Wildman–Crippen LogP) is 0.368. The first-order chi connectivity index (χ1) is 11.0. The van der Waals surface area contributed by atoms with Crippen molar-refractivity contribution in [2.24, 2.45) is 5.73 Å². The average Bonchev–Trinajstić information content (AvgIpc) is 2.78. The molecule has 138 valence electrons. The Balaban J connectivity index is 1.95. The number of carbonyl (C=O) groups is 1. The fraction of sp³-hybridized carbons (Fsp3) is 0.929. The summed E-state index contributed by atoms with van der Waals surface area (Å²) in [5.41, 5.74) is 5.69. The Kier molecular flexibility index (Phi) is 4.32. The van der Waals surface area contributed by atoms with Crippen molar-refractivity contribution in [1.82, 2.24) is 4.90 Å². The molecule has 0 aromatic carbocycles. The first-order valence-corrected chi connectivity index (χ1v) is 7.78. The van der Waals surface area contributed by atoms with Gasteiger partial charge in [-0.15, -0.1) is 0 Å². The molecule has 0 aromatic rings. The van der Waals surface area contributed by atoms with E-state index in [4.69, 9.17) is 24.7 Å². The summed E-state index contributed by atoms with van der Waals surface area (Å²) < 4.78 is 61.8. The fourth-order valence-electron chi connectivity index (χ4n) is 3.53. The highest BCUT2D eigenvalue weighted by Gasteiger charge is 2.61. The van der Waals surface area contributed by atoms with Crippen LogP contribution < -0.4 is 5.73 Å². The zero-order valence-electron chi connectivity index (χ0n) is 13.6. The summed E-state index contributed by atoms with van der Waals surface area (Å²) in [4.78, 5) is 12.6. The smallest absolute Gasteiger partial charge is 0.346 e. The molecule has 3 saturated heterocycles. The van der Waals surface area contributed by atoms with Crippen molar-refractivity contribution in [3.05, 3.63) is 0 Å².